The van der Waals surface area contributed by atoms with Gasteiger partial charge in [-0.2, -0.15) is 0 Å². The highest BCUT2D eigenvalue weighted by atomic mass is 16.5. The third-order valence-electron chi connectivity index (χ3n) is 10.6. The predicted octanol–water partition coefficient (Wildman–Crippen LogP) is 2.83. The lowest BCUT2D eigenvalue weighted by Gasteiger charge is -2.35. The lowest BCUT2D eigenvalue weighted by molar-refractivity contribution is -0.144. The van der Waals surface area contributed by atoms with Crippen LogP contribution in [-0.4, -0.2) is 83.9 Å². The Bertz CT molecular complexity index is 1390. The van der Waals surface area contributed by atoms with E-state index in [2.05, 4.69) is 21.3 Å². The van der Waals surface area contributed by atoms with Crippen molar-refractivity contribution in [3.63, 3.8) is 0 Å². The van der Waals surface area contributed by atoms with Crippen LogP contribution in [-0.2, 0) is 36.8 Å². The number of nitrogens with two attached hydrogens (primary N) is 1. The van der Waals surface area contributed by atoms with Crippen LogP contribution in [0.5, 0.6) is 0 Å². The van der Waals surface area contributed by atoms with E-state index in [1.54, 1.807) is 4.90 Å². The molecule has 0 spiro atoms. The normalized spacial score (nSPS) is 20.9. The molecule has 13 heteroatoms. The van der Waals surface area contributed by atoms with Crippen molar-refractivity contribution in [2.24, 2.45) is 35.3 Å². The third kappa shape index (κ3) is 9.75. The minimum absolute atomic E-state index is 0.0330. The van der Waals surface area contributed by atoms with Crippen molar-refractivity contribution in [1.82, 2.24) is 26.2 Å². The molecule has 1 aromatic rings. The van der Waals surface area contributed by atoms with Gasteiger partial charge in [0.1, 0.15) is 18.7 Å². The number of amides is 6. The number of benzene rings is 1. The van der Waals surface area contributed by atoms with E-state index in [9.17, 15) is 28.8 Å². The molecule has 1 heterocycles. The molecule has 1 aromatic carbocycles. The van der Waals surface area contributed by atoms with E-state index in [1.807, 2.05) is 65.8 Å². The summed E-state index contributed by atoms with van der Waals surface area (Å²) in [6, 6.07) is 3.77. The van der Waals surface area contributed by atoms with Crippen LogP contribution in [0.25, 0.3) is 0 Å². The van der Waals surface area contributed by atoms with Crippen LogP contribution in [0.4, 0.5) is 9.59 Å². The number of ether oxygens (including phenoxy) is 1. The molecule has 0 radical (unpaired) electrons. The molecule has 1 aliphatic heterocycles. The number of carbonyl (C=O) groups is 6. The number of Topliss-reactive ketones (excluding diaryl/α,β-unsaturated/α-hetero) is 1. The molecule has 2 unspecified atom stereocenters. The Labute approximate surface area is 295 Å². The molecule has 6 N–H and O–H groups in total. The van der Waals surface area contributed by atoms with Gasteiger partial charge in [-0.1, -0.05) is 71.2 Å². The Morgan fingerprint density at radius 2 is 1.52 bits per heavy atom. The number of ketones is 1. The van der Waals surface area contributed by atoms with Gasteiger partial charge in [-0.25, -0.2) is 9.59 Å². The molecule has 1 saturated carbocycles. The van der Waals surface area contributed by atoms with E-state index in [-0.39, 0.29) is 48.1 Å². The Morgan fingerprint density at radius 1 is 0.880 bits per heavy atom. The first-order chi connectivity index (χ1) is 23.7. The summed E-state index contributed by atoms with van der Waals surface area (Å²) in [5.74, 6) is -3.15. The second-order valence-corrected chi connectivity index (χ2v) is 15.3. The summed E-state index contributed by atoms with van der Waals surface area (Å²) in [5.41, 5.74) is 7.57. The first kappa shape index (κ1) is 38.6. The lowest BCUT2D eigenvalue weighted by atomic mass is 9.80. The standard InChI is InChI=1S/C37H56N6O7/c1-20(2)27-14-15-43(31(27)34(46)40-28(32(44)33(38)45)16-23-10-9-11-23)35(47)30(26-17-24-12-7-8-13-25(24)18-26)42-36(48)41-29(21(3)4)19-50-37(49)39-22(5)6/h7-8,12-13,20-23,26-31H,9-11,14-19H2,1-6H3,(H2,38,45)(H,39,49)(H,40,46)(H2,41,42,48)/t27?,28?,29-,30+,31+/m1/s1. The number of fused-ring (bicyclic) bond motifs is 1. The van der Waals surface area contributed by atoms with Gasteiger partial charge in [0.2, 0.25) is 17.6 Å². The van der Waals surface area contributed by atoms with Gasteiger partial charge in [0.25, 0.3) is 5.91 Å². The molecule has 3 aliphatic rings. The third-order valence-corrected chi connectivity index (χ3v) is 10.6. The number of likely N-dealkylation sites (tertiary alicyclic amines) is 1. The van der Waals surface area contributed by atoms with Crippen LogP contribution in [0, 0.1) is 29.6 Å². The largest absolute Gasteiger partial charge is 0.447 e. The van der Waals surface area contributed by atoms with E-state index in [0.717, 1.165) is 30.4 Å². The summed E-state index contributed by atoms with van der Waals surface area (Å²) < 4.78 is 5.36. The van der Waals surface area contributed by atoms with Crippen molar-refractivity contribution in [2.45, 2.75) is 117 Å². The number of carbonyl (C=O) groups excluding carboxylic acids is 6. The summed E-state index contributed by atoms with van der Waals surface area (Å²) in [4.78, 5) is 80.9. The van der Waals surface area contributed by atoms with Crippen molar-refractivity contribution in [3.05, 3.63) is 35.4 Å². The number of primary amides is 1. The minimum atomic E-state index is -1.10. The quantitative estimate of drug-likeness (QED) is 0.174. The molecule has 1 saturated heterocycles. The van der Waals surface area contributed by atoms with E-state index in [4.69, 9.17) is 10.5 Å². The molecule has 5 atom stereocenters. The summed E-state index contributed by atoms with van der Waals surface area (Å²) in [7, 11) is 0. The Kier molecular flexibility index (Phi) is 13.3. The summed E-state index contributed by atoms with van der Waals surface area (Å²) >= 11 is 0. The fraction of sp³-hybridized carbons (Fsp3) is 0.676. The zero-order chi connectivity index (χ0) is 36.7. The van der Waals surface area contributed by atoms with Crippen LogP contribution in [0.3, 0.4) is 0 Å². The Morgan fingerprint density at radius 3 is 2.04 bits per heavy atom. The SMILES string of the molecule is CC(C)NC(=O)OC[C@@H](NC(=O)N[C@H](C(=O)N1CCC(C(C)C)[C@H]1C(=O)NC(CC1CCC1)C(=O)C(N)=O)C1Cc2ccccc2C1)C(C)C. The van der Waals surface area contributed by atoms with Crippen molar-refractivity contribution < 1.29 is 33.5 Å². The first-order valence-electron chi connectivity index (χ1n) is 18.2. The molecule has 50 heavy (non-hydrogen) atoms. The topological polar surface area (TPSA) is 189 Å². The number of hydrogen-bond donors (Lipinski definition) is 5. The maximum atomic E-state index is 14.7. The van der Waals surface area contributed by atoms with Crippen LogP contribution in [0.15, 0.2) is 24.3 Å². The molecule has 4 rings (SSSR count). The number of hydrogen-bond acceptors (Lipinski definition) is 7. The highest BCUT2D eigenvalue weighted by Crippen LogP contribution is 2.35. The molecular weight excluding hydrogens is 640 g/mol. The van der Waals surface area contributed by atoms with Crippen LogP contribution in [0.1, 0.15) is 84.8 Å². The smallest absolute Gasteiger partial charge is 0.407 e. The maximum Gasteiger partial charge on any atom is 0.407 e. The molecule has 2 fully saturated rings. The van der Waals surface area contributed by atoms with Crippen molar-refractivity contribution in [1.29, 1.82) is 0 Å². The van der Waals surface area contributed by atoms with Gasteiger partial charge in [-0.15, -0.1) is 0 Å². The van der Waals surface area contributed by atoms with E-state index in [0.29, 0.717) is 32.2 Å². The molecule has 0 bridgehead atoms. The molecule has 276 valence electrons. The highest BCUT2D eigenvalue weighted by Gasteiger charge is 2.48. The van der Waals surface area contributed by atoms with Gasteiger partial charge >= 0.3 is 12.1 Å². The van der Waals surface area contributed by atoms with Crippen molar-refractivity contribution >= 4 is 35.6 Å². The average Bonchev–Trinajstić information content (AvgIpc) is 3.67. The minimum Gasteiger partial charge on any atom is -0.447 e. The molecule has 13 nitrogen and oxygen atoms in total. The number of nitrogens with one attached hydrogen (secondary N) is 4. The average molecular weight is 697 g/mol. The second-order valence-electron chi connectivity index (χ2n) is 15.3. The van der Waals surface area contributed by atoms with E-state index in [1.165, 1.54) is 0 Å². The molecule has 2 aliphatic carbocycles. The first-order valence-corrected chi connectivity index (χ1v) is 18.2. The highest BCUT2D eigenvalue weighted by molar-refractivity contribution is 6.37. The molecule has 6 amide bonds. The number of rotatable bonds is 15. The second kappa shape index (κ2) is 17.2. The number of urea groups is 1. The van der Waals surface area contributed by atoms with Crippen molar-refractivity contribution in [2.75, 3.05) is 13.2 Å². The van der Waals surface area contributed by atoms with Gasteiger partial charge < -0.3 is 36.6 Å². The summed E-state index contributed by atoms with van der Waals surface area (Å²) in [6.45, 7) is 11.6. The molecular formula is C37H56N6O7. The fourth-order valence-electron chi connectivity index (χ4n) is 7.40. The van der Waals surface area contributed by atoms with E-state index < -0.39 is 53.9 Å². The van der Waals surface area contributed by atoms with Crippen LogP contribution >= 0.6 is 0 Å². The summed E-state index contributed by atoms with van der Waals surface area (Å²) in [5, 5.41) is 11.3. The zero-order valence-electron chi connectivity index (χ0n) is 30.3. The van der Waals surface area contributed by atoms with Gasteiger partial charge in [-0.3, -0.25) is 19.2 Å². The monoisotopic (exact) mass is 696 g/mol. The van der Waals surface area contributed by atoms with Gasteiger partial charge in [0.05, 0.1) is 12.1 Å². The lowest BCUT2D eigenvalue weighted by Crippen LogP contribution is -2.60. The Hall–Kier alpha value is -4.16. The number of nitrogens with zero attached hydrogens (tertiary/aromatic N) is 1. The predicted molar refractivity (Wildman–Crippen MR) is 188 cm³/mol. The zero-order valence-corrected chi connectivity index (χ0v) is 30.3. The fourth-order valence-corrected chi connectivity index (χ4v) is 7.40. The van der Waals surface area contributed by atoms with Gasteiger partial charge in [0.15, 0.2) is 0 Å². The Balaban J connectivity index is 1.57. The van der Waals surface area contributed by atoms with Gasteiger partial charge in [-0.05, 0) is 80.2 Å². The summed E-state index contributed by atoms with van der Waals surface area (Å²) in [6.07, 6.45) is 4.28. The van der Waals surface area contributed by atoms with Crippen LogP contribution < -0.4 is 27.0 Å². The number of alkyl carbamates (subject to hydrolysis) is 1. The van der Waals surface area contributed by atoms with Crippen molar-refractivity contribution in [3.8, 4) is 0 Å². The maximum absolute atomic E-state index is 14.7. The van der Waals surface area contributed by atoms with E-state index >= 15 is 0 Å². The van der Waals surface area contributed by atoms with Crippen LogP contribution in [0.2, 0.25) is 0 Å². The molecule has 0 aromatic heterocycles. The van der Waals surface area contributed by atoms with Gasteiger partial charge in [0, 0.05) is 12.6 Å².